The lowest BCUT2D eigenvalue weighted by atomic mass is 9.73. The number of hydrogen-bond donors (Lipinski definition) is 1. The van der Waals surface area contributed by atoms with Gasteiger partial charge in [0.25, 0.3) is 5.56 Å². The second kappa shape index (κ2) is 7.89. The predicted octanol–water partition coefficient (Wildman–Crippen LogP) is 3.14. The highest BCUT2D eigenvalue weighted by Crippen LogP contribution is 2.48. The summed E-state index contributed by atoms with van der Waals surface area (Å²) in [7, 11) is 3.37. The van der Waals surface area contributed by atoms with Gasteiger partial charge < -0.3 is 15.4 Å². The van der Waals surface area contributed by atoms with Crippen LogP contribution in [0, 0.1) is 11.3 Å². The summed E-state index contributed by atoms with van der Waals surface area (Å²) in [6.45, 7) is 4.38. The van der Waals surface area contributed by atoms with Gasteiger partial charge in [-0.2, -0.15) is 0 Å². The average molecular weight is 456 g/mol. The van der Waals surface area contributed by atoms with Crippen LogP contribution < -0.4 is 20.9 Å². The minimum Gasteiger partial charge on any atom is -0.495 e. The molecule has 1 aromatic carbocycles. The first-order chi connectivity index (χ1) is 15.4. The van der Waals surface area contributed by atoms with E-state index in [2.05, 4.69) is 16.8 Å². The molecule has 0 radical (unpaired) electrons. The molecule has 2 N–H and O–H groups in total. The third-order valence-electron chi connectivity index (χ3n) is 7.86. The smallest absolute Gasteiger partial charge is 0.264 e. The number of nitrogens with zero attached hydrogens (tertiary/aromatic N) is 4. The minimum atomic E-state index is -0.0911. The Balaban J connectivity index is 1.45. The Morgan fingerprint density at radius 2 is 2.00 bits per heavy atom. The van der Waals surface area contributed by atoms with Crippen molar-refractivity contribution in [2.24, 2.45) is 29.1 Å². The molecule has 1 spiro atoms. The molecular formula is C24H30ClN5O2. The van der Waals surface area contributed by atoms with E-state index in [4.69, 9.17) is 27.1 Å². The lowest BCUT2D eigenvalue weighted by molar-refractivity contribution is 0.185. The van der Waals surface area contributed by atoms with Crippen LogP contribution in [0.15, 0.2) is 28.0 Å². The molecule has 7 nitrogen and oxygen atoms in total. The van der Waals surface area contributed by atoms with Crippen molar-refractivity contribution in [3.63, 3.8) is 0 Å². The third kappa shape index (κ3) is 3.17. The largest absolute Gasteiger partial charge is 0.495 e. The molecule has 1 aliphatic carbocycles. The Hall–Kier alpha value is -2.38. The highest BCUT2D eigenvalue weighted by atomic mass is 35.5. The molecule has 2 atom stereocenters. The van der Waals surface area contributed by atoms with E-state index >= 15 is 0 Å². The summed E-state index contributed by atoms with van der Waals surface area (Å²) in [5.41, 5.74) is 9.26. The molecule has 0 amide bonds. The maximum atomic E-state index is 13.4. The molecule has 1 aromatic heterocycles. The first-order valence-electron chi connectivity index (χ1n) is 11.3. The number of benzene rings is 1. The van der Waals surface area contributed by atoms with Crippen LogP contribution >= 0.6 is 11.6 Å². The summed E-state index contributed by atoms with van der Waals surface area (Å²) in [5.74, 6) is 1.86. The fourth-order valence-corrected chi connectivity index (χ4v) is 6.07. The Bertz CT molecular complexity index is 1150. The summed E-state index contributed by atoms with van der Waals surface area (Å²) in [4.78, 5) is 25.2. The fourth-order valence-electron chi connectivity index (χ4n) is 5.77. The maximum absolute atomic E-state index is 13.4. The maximum Gasteiger partial charge on any atom is 0.264 e. The van der Waals surface area contributed by atoms with Gasteiger partial charge in [-0.05, 0) is 43.1 Å². The van der Waals surface area contributed by atoms with Crippen molar-refractivity contribution in [3.05, 3.63) is 50.4 Å². The summed E-state index contributed by atoms with van der Waals surface area (Å²) in [6.07, 6.45) is 4.52. The Labute approximate surface area is 193 Å². The van der Waals surface area contributed by atoms with Crippen LogP contribution in [0.25, 0.3) is 0 Å². The molecule has 2 aliphatic heterocycles. The van der Waals surface area contributed by atoms with Crippen LogP contribution in [-0.2, 0) is 13.6 Å². The van der Waals surface area contributed by atoms with Gasteiger partial charge >= 0.3 is 0 Å². The molecule has 8 heteroatoms. The second-order valence-corrected chi connectivity index (χ2v) is 9.85. The Morgan fingerprint density at radius 1 is 1.25 bits per heavy atom. The predicted molar refractivity (Wildman–Crippen MR) is 127 cm³/mol. The van der Waals surface area contributed by atoms with Gasteiger partial charge in [0, 0.05) is 31.7 Å². The topological polar surface area (TPSA) is 85.7 Å². The molecule has 3 aliphatic rings. The molecule has 2 fully saturated rings. The van der Waals surface area contributed by atoms with Crippen LogP contribution in [0.1, 0.15) is 49.4 Å². The van der Waals surface area contributed by atoms with Gasteiger partial charge in [-0.1, -0.05) is 30.7 Å². The van der Waals surface area contributed by atoms with Gasteiger partial charge in [0.2, 0.25) is 5.95 Å². The highest BCUT2D eigenvalue weighted by molar-refractivity contribution is 6.37. The van der Waals surface area contributed by atoms with Crippen molar-refractivity contribution in [1.82, 2.24) is 9.55 Å². The number of piperidine rings is 1. The molecule has 2 aromatic rings. The summed E-state index contributed by atoms with van der Waals surface area (Å²) < 4.78 is 6.99. The Kier molecular flexibility index (Phi) is 5.29. The van der Waals surface area contributed by atoms with Gasteiger partial charge in [0.1, 0.15) is 5.75 Å². The second-order valence-electron chi connectivity index (χ2n) is 9.48. The van der Waals surface area contributed by atoms with Crippen LogP contribution in [0.4, 0.5) is 5.95 Å². The molecule has 170 valence electrons. The SMILES string of the molecule is COc1cccc(C2=NCc3nc(N4CCC5(CC[C@@H](C)[C@H]5N)CC4)n(C)c(=O)c32)c1Cl. The summed E-state index contributed by atoms with van der Waals surface area (Å²) in [5, 5.41) is 0.455. The number of methoxy groups -OCH3 is 1. The zero-order valence-electron chi connectivity index (χ0n) is 18.9. The zero-order chi connectivity index (χ0) is 22.6. The first-order valence-corrected chi connectivity index (χ1v) is 11.7. The van der Waals surface area contributed by atoms with E-state index in [1.54, 1.807) is 24.8 Å². The molecule has 3 heterocycles. The summed E-state index contributed by atoms with van der Waals surface area (Å²) in [6, 6.07) is 5.78. The normalized spacial score (nSPS) is 24.0. The van der Waals surface area contributed by atoms with E-state index in [9.17, 15) is 4.79 Å². The van der Waals surface area contributed by atoms with Crippen LogP contribution in [-0.4, -0.2) is 41.5 Å². The van der Waals surface area contributed by atoms with E-state index in [1.165, 1.54) is 12.8 Å². The fraction of sp³-hybridized carbons (Fsp3) is 0.542. The number of anilines is 1. The minimum absolute atomic E-state index is 0.0911. The standard InChI is InChI=1S/C24H30ClN5O2/c1-14-7-8-24(21(14)26)9-11-30(12-10-24)23-28-16-13-27-20(18(16)22(31)29(23)2)15-5-4-6-17(32-3)19(15)25/h4-6,14,21H,7-13,26H2,1-3H3/t14-,21-/m1/s1. The number of fused-ring (bicyclic) bond motifs is 1. The van der Waals surface area contributed by atoms with Crippen molar-refractivity contribution in [1.29, 1.82) is 0 Å². The van der Waals surface area contributed by atoms with Gasteiger partial charge in [-0.15, -0.1) is 0 Å². The number of hydrogen-bond acceptors (Lipinski definition) is 6. The molecule has 0 bridgehead atoms. The van der Waals surface area contributed by atoms with Crippen LogP contribution in [0.2, 0.25) is 5.02 Å². The van der Waals surface area contributed by atoms with Crippen LogP contribution in [0.3, 0.4) is 0 Å². The molecule has 1 saturated heterocycles. The lowest BCUT2D eigenvalue weighted by Gasteiger charge is -2.43. The van der Waals surface area contributed by atoms with Crippen molar-refractivity contribution < 1.29 is 4.74 Å². The lowest BCUT2D eigenvalue weighted by Crippen LogP contribution is -2.49. The van der Waals surface area contributed by atoms with Crippen LogP contribution in [0.5, 0.6) is 5.75 Å². The van der Waals surface area contributed by atoms with Crippen molar-refractivity contribution in [2.75, 3.05) is 25.1 Å². The molecule has 5 rings (SSSR count). The van der Waals surface area contributed by atoms with Crippen molar-refractivity contribution >= 4 is 23.3 Å². The number of rotatable bonds is 3. The van der Waals surface area contributed by atoms with E-state index < -0.39 is 0 Å². The zero-order valence-corrected chi connectivity index (χ0v) is 19.7. The molecule has 1 saturated carbocycles. The number of aliphatic imine (C=N–C) groups is 1. The number of nitrogens with two attached hydrogens (primary N) is 1. The quantitative estimate of drug-likeness (QED) is 0.768. The van der Waals surface area contributed by atoms with Crippen molar-refractivity contribution in [3.8, 4) is 5.75 Å². The monoisotopic (exact) mass is 455 g/mol. The van der Waals surface area contributed by atoms with E-state index in [-0.39, 0.29) is 17.0 Å². The number of aromatic nitrogens is 2. The van der Waals surface area contributed by atoms with Gasteiger partial charge in [-0.3, -0.25) is 14.4 Å². The van der Waals surface area contributed by atoms with E-state index in [0.717, 1.165) is 31.9 Å². The van der Waals surface area contributed by atoms with Gasteiger partial charge in [0.15, 0.2) is 0 Å². The van der Waals surface area contributed by atoms with E-state index in [0.29, 0.717) is 45.8 Å². The first kappa shape index (κ1) is 21.5. The van der Waals surface area contributed by atoms with Gasteiger partial charge in [-0.25, -0.2) is 4.98 Å². The number of ether oxygens (including phenoxy) is 1. The van der Waals surface area contributed by atoms with Gasteiger partial charge in [0.05, 0.1) is 35.6 Å². The Morgan fingerprint density at radius 3 is 2.66 bits per heavy atom. The number of halogens is 1. The highest BCUT2D eigenvalue weighted by Gasteiger charge is 2.46. The third-order valence-corrected chi connectivity index (χ3v) is 8.25. The summed E-state index contributed by atoms with van der Waals surface area (Å²) >= 11 is 6.53. The molecule has 0 unspecified atom stereocenters. The molecule has 32 heavy (non-hydrogen) atoms. The average Bonchev–Trinajstić information content (AvgIpc) is 3.34. The molecular weight excluding hydrogens is 426 g/mol. The van der Waals surface area contributed by atoms with E-state index in [1.807, 2.05) is 12.1 Å². The van der Waals surface area contributed by atoms with Crippen molar-refractivity contribution in [2.45, 2.75) is 45.2 Å².